The summed E-state index contributed by atoms with van der Waals surface area (Å²) in [6.45, 7) is 2.95. The lowest BCUT2D eigenvalue weighted by Gasteiger charge is -2.21. The van der Waals surface area contributed by atoms with Crippen molar-refractivity contribution in [2.75, 3.05) is 12.4 Å². The molecule has 1 aromatic rings. The summed E-state index contributed by atoms with van der Waals surface area (Å²) in [6.07, 6.45) is 5.70. The van der Waals surface area contributed by atoms with E-state index in [9.17, 15) is 4.79 Å². The van der Waals surface area contributed by atoms with Crippen molar-refractivity contribution in [2.24, 2.45) is 0 Å². The molecule has 1 N–H and O–H groups in total. The van der Waals surface area contributed by atoms with Gasteiger partial charge in [0.25, 0.3) is 5.56 Å². The second-order valence-corrected chi connectivity index (χ2v) is 5.60. The Morgan fingerprint density at radius 1 is 1.56 bits per heavy atom. The van der Waals surface area contributed by atoms with Gasteiger partial charge in [-0.2, -0.15) is 0 Å². The van der Waals surface area contributed by atoms with Gasteiger partial charge >= 0.3 is 0 Å². The molecule has 2 heterocycles. The highest BCUT2D eigenvalue weighted by Gasteiger charge is 2.14. The maximum atomic E-state index is 11.5. The number of aryl methyl sites for hydroxylation is 1. The third kappa shape index (κ3) is 4.14. The number of hydrogen-bond donors (Lipinski definition) is 1. The minimum absolute atomic E-state index is 0.0551. The van der Waals surface area contributed by atoms with E-state index >= 15 is 0 Å². The third-order valence-electron chi connectivity index (χ3n) is 2.96. The highest BCUT2D eigenvalue weighted by atomic mass is 32.2. The minimum Gasteiger partial charge on any atom is -0.377 e. The van der Waals surface area contributed by atoms with Gasteiger partial charge in [-0.05, 0) is 25.7 Å². The van der Waals surface area contributed by atoms with Crippen molar-refractivity contribution in [3.63, 3.8) is 0 Å². The van der Waals surface area contributed by atoms with Crippen molar-refractivity contribution in [3.05, 3.63) is 22.1 Å². The summed E-state index contributed by atoms with van der Waals surface area (Å²) < 4.78 is 5.67. The molecule has 100 valence electrons. The monoisotopic (exact) mass is 268 g/mol. The Labute approximate surface area is 112 Å². The standard InChI is InChI=1S/C13H20N2O2S/c1-2-5-10-8-12(16)15-13(14-10)18-9-11-6-3-4-7-17-11/h8,11H,2-7,9H2,1H3,(H,14,15,16)/t11-/m0/s1. The summed E-state index contributed by atoms with van der Waals surface area (Å²) in [5.41, 5.74) is 0.828. The predicted octanol–water partition coefficient (Wildman–Crippen LogP) is 2.38. The molecule has 1 fully saturated rings. The molecule has 0 aliphatic carbocycles. The van der Waals surface area contributed by atoms with Crippen molar-refractivity contribution in [1.82, 2.24) is 9.97 Å². The molecule has 1 atom stereocenters. The van der Waals surface area contributed by atoms with Crippen LogP contribution in [0.5, 0.6) is 0 Å². The Morgan fingerprint density at radius 3 is 3.17 bits per heavy atom. The molecule has 4 nitrogen and oxygen atoms in total. The zero-order valence-electron chi connectivity index (χ0n) is 10.8. The van der Waals surface area contributed by atoms with E-state index in [1.165, 1.54) is 12.8 Å². The molecule has 1 aliphatic heterocycles. The summed E-state index contributed by atoms with van der Waals surface area (Å²) in [5.74, 6) is 0.874. The fourth-order valence-corrected chi connectivity index (χ4v) is 3.01. The fourth-order valence-electron chi connectivity index (χ4n) is 2.05. The van der Waals surface area contributed by atoms with Gasteiger partial charge in [0.15, 0.2) is 5.16 Å². The number of rotatable bonds is 5. The zero-order chi connectivity index (χ0) is 12.8. The van der Waals surface area contributed by atoms with Crippen LogP contribution in [0.1, 0.15) is 38.3 Å². The highest BCUT2D eigenvalue weighted by Crippen LogP contribution is 2.20. The maximum Gasteiger partial charge on any atom is 0.251 e. The van der Waals surface area contributed by atoms with Gasteiger partial charge in [0.05, 0.1) is 6.10 Å². The number of nitrogens with one attached hydrogen (secondary N) is 1. The minimum atomic E-state index is -0.0551. The molecular formula is C13H20N2O2S. The molecule has 1 aliphatic rings. The number of nitrogens with zero attached hydrogens (tertiary/aromatic N) is 1. The number of H-pyrrole nitrogens is 1. The molecule has 2 rings (SSSR count). The van der Waals surface area contributed by atoms with E-state index in [0.717, 1.165) is 42.5 Å². The van der Waals surface area contributed by atoms with E-state index in [4.69, 9.17) is 4.74 Å². The van der Waals surface area contributed by atoms with Crippen LogP contribution >= 0.6 is 11.8 Å². The van der Waals surface area contributed by atoms with Crippen molar-refractivity contribution in [1.29, 1.82) is 0 Å². The SMILES string of the molecule is CCCc1cc(=O)[nH]c(SC[C@@H]2CCCCO2)n1. The van der Waals surface area contributed by atoms with Gasteiger partial charge in [-0.3, -0.25) is 4.79 Å². The molecule has 0 bridgehead atoms. The lowest BCUT2D eigenvalue weighted by Crippen LogP contribution is -2.21. The Hall–Kier alpha value is -0.810. The summed E-state index contributed by atoms with van der Waals surface area (Å²) in [4.78, 5) is 18.7. The maximum absolute atomic E-state index is 11.5. The van der Waals surface area contributed by atoms with Crippen LogP contribution in [0.4, 0.5) is 0 Å². The lowest BCUT2D eigenvalue weighted by atomic mass is 10.1. The average Bonchev–Trinajstić information content (AvgIpc) is 2.37. The van der Waals surface area contributed by atoms with Crippen LogP contribution in [0.2, 0.25) is 0 Å². The van der Waals surface area contributed by atoms with Gasteiger partial charge in [0, 0.05) is 24.1 Å². The van der Waals surface area contributed by atoms with Gasteiger partial charge in [-0.25, -0.2) is 4.98 Å². The van der Waals surface area contributed by atoms with Crippen LogP contribution in [0.25, 0.3) is 0 Å². The summed E-state index contributed by atoms with van der Waals surface area (Å²) in [7, 11) is 0. The van der Waals surface area contributed by atoms with Gasteiger partial charge in [-0.1, -0.05) is 25.1 Å². The number of thioether (sulfide) groups is 1. The molecular weight excluding hydrogens is 248 g/mol. The summed E-state index contributed by atoms with van der Waals surface area (Å²) in [6, 6.07) is 1.59. The first-order valence-corrected chi connectivity index (χ1v) is 7.61. The van der Waals surface area contributed by atoms with Crippen molar-refractivity contribution < 1.29 is 4.74 Å². The second kappa shape index (κ2) is 6.95. The molecule has 18 heavy (non-hydrogen) atoms. The van der Waals surface area contributed by atoms with Crippen LogP contribution in [0.3, 0.4) is 0 Å². The first-order chi connectivity index (χ1) is 8.78. The zero-order valence-corrected chi connectivity index (χ0v) is 11.6. The van der Waals surface area contributed by atoms with Gasteiger partial charge < -0.3 is 9.72 Å². The van der Waals surface area contributed by atoms with E-state index in [1.54, 1.807) is 17.8 Å². The molecule has 0 amide bonds. The van der Waals surface area contributed by atoms with Gasteiger partial charge in [0.2, 0.25) is 0 Å². The highest BCUT2D eigenvalue weighted by molar-refractivity contribution is 7.99. The largest absolute Gasteiger partial charge is 0.377 e. The Kier molecular flexibility index (Phi) is 5.26. The number of hydrogen-bond acceptors (Lipinski definition) is 4. The quantitative estimate of drug-likeness (QED) is 0.658. The van der Waals surface area contributed by atoms with Crippen LogP contribution in [-0.4, -0.2) is 28.4 Å². The molecule has 1 saturated heterocycles. The van der Waals surface area contributed by atoms with Crippen molar-refractivity contribution in [3.8, 4) is 0 Å². The molecule has 1 aromatic heterocycles. The van der Waals surface area contributed by atoms with E-state index in [0.29, 0.717) is 6.10 Å². The predicted molar refractivity (Wildman–Crippen MR) is 73.2 cm³/mol. The number of ether oxygens (including phenoxy) is 1. The van der Waals surface area contributed by atoms with E-state index < -0.39 is 0 Å². The van der Waals surface area contributed by atoms with Crippen LogP contribution in [0, 0.1) is 0 Å². The summed E-state index contributed by atoms with van der Waals surface area (Å²) >= 11 is 1.59. The molecule has 5 heteroatoms. The molecule has 0 aromatic carbocycles. The Balaban J connectivity index is 1.93. The van der Waals surface area contributed by atoms with Crippen LogP contribution < -0.4 is 5.56 Å². The van der Waals surface area contributed by atoms with Gasteiger partial charge in [-0.15, -0.1) is 0 Å². The van der Waals surface area contributed by atoms with E-state index in [-0.39, 0.29) is 5.56 Å². The first kappa shape index (κ1) is 13.6. The second-order valence-electron chi connectivity index (χ2n) is 4.59. The fraction of sp³-hybridized carbons (Fsp3) is 0.692. The molecule has 0 saturated carbocycles. The smallest absolute Gasteiger partial charge is 0.251 e. The number of aromatic nitrogens is 2. The molecule has 0 spiro atoms. The van der Waals surface area contributed by atoms with Crippen LogP contribution in [0.15, 0.2) is 16.0 Å². The normalized spacial score (nSPS) is 19.9. The molecule has 0 unspecified atom stereocenters. The lowest BCUT2D eigenvalue weighted by molar-refractivity contribution is 0.0315. The van der Waals surface area contributed by atoms with Crippen molar-refractivity contribution in [2.45, 2.75) is 50.3 Å². The third-order valence-corrected chi connectivity index (χ3v) is 3.96. The van der Waals surface area contributed by atoms with Gasteiger partial charge in [0.1, 0.15) is 0 Å². The average molecular weight is 268 g/mol. The van der Waals surface area contributed by atoms with Crippen LogP contribution in [-0.2, 0) is 11.2 Å². The topological polar surface area (TPSA) is 55.0 Å². The Morgan fingerprint density at radius 2 is 2.44 bits per heavy atom. The number of aromatic amines is 1. The van der Waals surface area contributed by atoms with E-state index in [2.05, 4.69) is 16.9 Å². The summed E-state index contributed by atoms with van der Waals surface area (Å²) in [5, 5.41) is 0.722. The van der Waals surface area contributed by atoms with Crippen molar-refractivity contribution >= 4 is 11.8 Å². The molecule has 0 radical (unpaired) electrons. The first-order valence-electron chi connectivity index (χ1n) is 6.62. The van der Waals surface area contributed by atoms with E-state index in [1.807, 2.05) is 0 Å². The Bertz CT molecular complexity index is 427.